The smallest absolute Gasteiger partial charge is 0.124 e. The molecule has 0 amide bonds. The van der Waals surface area contributed by atoms with Gasteiger partial charge in [0, 0.05) is 11.0 Å². The maximum absolute atomic E-state index is 6.05. The van der Waals surface area contributed by atoms with Crippen LogP contribution in [0.2, 0.25) is 0 Å². The summed E-state index contributed by atoms with van der Waals surface area (Å²) < 4.78 is 6.05. The van der Waals surface area contributed by atoms with Crippen LogP contribution in [0.3, 0.4) is 0 Å². The SMILES string of the molecule is C/C=C1\C(CC)Oc2ccccc2C1(C)C. The molecule has 1 heterocycles. The van der Waals surface area contributed by atoms with E-state index in [2.05, 4.69) is 52.0 Å². The van der Waals surface area contributed by atoms with Crippen molar-refractivity contribution in [2.75, 3.05) is 0 Å². The second-order valence-corrected chi connectivity index (χ2v) is 4.88. The summed E-state index contributed by atoms with van der Waals surface area (Å²) in [4.78, 5) is 0. The van der Waals surface area contributed by atoms with E-state index in [1.165, 1.54) is 11.1 Å². The molecule has 0 saturated carbocycles. The summed E-state index contributed by atoms with van der Waals surface area (Å²) in [6.45, 7) is 8.86. The molecule has 0 fully saturated rings. The number of allylic oxidation sites excluding steroid dienone is 1. The maximum atomic E-state index is 6.05. The minimum atomic E-state index is 0.0876. The van der Waals surface area contributed by atoms with Crippen LogP contribution in [0.25, 0.3) is 0 Å². The maximum Gasteiger partial charge on any atom is 0.124 e. The van der Waals surface area contributed by atoms with Gasteiger partial charge in [0.05, 0.1) is 0 Å². The number of fused-ring (bicyclic) bond motifs is 1. The molecule has 1 aliphatic heterocycles. The van der Waals surface area contributed by atoms with Crippen molar-refractivity contribution in [2.45, 2.75) is 45.6 Å². The number of hydrogen-bond acceptors (Lipinski definition) is 1. The predicted octanol–water partition coefficient (Wildman–Crippen LogP) is 4.08. The lowest BCUT2D eigenvalue weighted by atomic mass is 9.72. The van der Waals surface area contributed by atoms with Crippen LogP contribution in [0, 0.1) is 0 Å². The summed E-state index contributed by atoms with van der Waals surface area (Å²) in [5, 5.41) is 0. The van der Waals surface area contributed by atoms with Gasteiger partial charge in [0.25, 0.3) is 0 Å². The van der Waals surface area contributed by atoms with Crippen molar-refractivity contribution in [1.29, 1.82) is 0 Å². The van der Waals surface area contributed by atoms with Gasteiger partial charge < -0.3 is 4.74 Å². The highest BCUT2D eigenvalue weighted by Crippen LogP contribution is 2.44. The summed E-state index contributed by atoms with van der Waals surface area (Å²) in [6, 6.07) is 8.38. The fraction of sp³-hybridized carbons (Fsp3) is 0.467. The number of hydrogen-bond donors (Lipinski definition) is 0. The second kappa shape index (κ2) is 3.97. The molecule has 1 atom stereocenters. The predicted molar refractivity (Wildman–Crippen MR) is 67.9 cm³/mol. The van der Waals surface area contributed by atoms with E-state index in [0.29, 0.717) is 0 Å². The molecule has 2 rings (SSSR count). The van der Waals surface area contributed by atoms with E-state index < -0.39 is 0 Å². The van der Waals surface area contributed by atoms with Crippen molar-refractivity contribution in [3.05, 3.63) is 41.5 Å². The Hall–Kier alpha value is -1.24. The third kappa shape index (κ3) is 1.55. The van der Waals surface area contributed by atoms with E-state index >= 15 is 0 Å². The van der Waals surface area contributed by atoms with E-state index in [9.17, 15) is 0 Å². The van der Waals surface area contributed by atoms with Crippen molar-refractivity contribution >= 4 is 0 Å². The van der Waals surface area contributed by atoms with Crippen LogP contribution >= 0.6 is 0 Å². The van der Waals surface area contributed by atoms with Crippen LogP contribution < -0.4 is 4.74 Å². The molecule has 0 radical (unpaired) electrons. The van der Waals surface area contributed by atoms with Gasteiger partial charge in [-0.1, -0.05) is 45.0 Å². The number of rotatable bonds is 1. The molecule has 1 aliphatic rings. The zero-order valence-electron chi connectivity index (χ0n) is 10.6. The first-order valence-corrected chi connectivity index (χ1v) is 6.04. The zero-order valence-corrected chi connectivity index (χ0v) is 10.6. The Morgan fingerprint density at radius 2 is 2.00 bits per heavy atom. The number of para-hydroxylation sites is 1. The Labute approximate surface area is 98.1 Å². The summed E-state index contributed by atoms with van der Waals surface area (Å²) in [5.74, 6) is 1.05. The highest BCUT2D eigenvalue weighted by atomic mass is 16.5. The third-order valence-electron chi connectivity index (χ3n) is 3.58. The molecule has 0 aliphatic carbocycles. The molecule has 0 saturated heterocycles. The van der Waals surface area contributed by atoms with Gasteiger partial charge in [-0.15, -0.1) is 0 Å². The minimum Gasteiger partial charge on any atom is -0.486 e. The molecule has 1 aromatic carbocycles. The first-order chi connectivity index (χ1) is 7.61. The third-order valence-corrected chi connectivity index (χ3v) is 3.58. The normalized spacial score (nSPS) is 25.0. The second-order valence-electron chi connectivity index (χ2n) is 4.88. The van der Waals surface area contributed by atoms with Crippen molar-refractivity contribution < 1.29 is 4.74 Å². The van der Waals surface area contributed by atoms with E-state index in [4.69, 9.17) is 4.74 Å². The van der Waals surface area contributed by atoms with Gasteiger partial charge >= 0.3 is 0 Å². The topological polar surface area (TPSA) is 9.23 Å². The van der Waals surface area contributed by atoms with Crippen molar-refractivity contribution in [3.63, 3.8) is 0 Å². The molecule has 0 N–H and O–H groups in total. The average molecular weight is 216 g/mol. The summed E-state index contributed by atoms with van der Waals surface area (Å²) in [5.41, 5.74) is 2.78. The Balaban J connectivity index is 2.57. The number of ether oxygens (including phenoxy) is 1. The molecular formula is C15H20O. The lowest BCUT2D eigenvalue weighted by molar-refractivity contribution is 0.190. The Morgan fingerprint density at radius 1 is 1.31 bits per heavy atom. The van der Waals surface area contributed by atoms with Crippen LogP contribution in [0.1, 0.15) is 39.7 Å². The molecule has 0 bridgehead atoms. The van der Waals surface area contributed by atoms with Crippen LogP contribution in [0.4, 0.5) is 0 Å². The highest BCUT2D eigenvalue weighted by molar-refractivity contribution is 5.48. The molecular weight excluding hydrogens is 196 g/mol. The fourth-order valence-electron chi connectivity index (χ4n) is 2.71. The van der Waals surface area contributed by atoms with Gasteiger partial charge in [0.15, 0.2) is 0 Å². The largest absolute Gasteiger partial charge is 0.486 e. The Morgan fingerprint density at radius 3 is 2.62 bits per heavy atom. The van der Waals surface area contributed by atoms with Crippen molar-refractivity contribution in [1.82, 2.24) is 0 Å². The lowest BCUT2D eigenvalue weighted by Crippen LogP contribution is -2.37. The monoisotopic (exact) mass is 216 g/mol. The van der Waals surface area contributed by atoms with E-state index in [0.717, 1.165) is 12.2 Å². The summed E-state index contributed by atoms with van der Waals surface area (Å²) in [7, 11) is 0. The van der Waals surface area contributed by atoms with Crippen LogP contribution in [0.15, 0.2) is 35.9 Å². The quantitative estimate of drug-likeness (QED) is 0.643. The minimum absolute atomic E-state index is 0.0876. The van der Waals surface area contributed by atoms with Gasteiger partial charge in [-0.2, -0.15) is 0 Å². The van der Waals surface area contributed by atoms with Crippen LogP contribution in [-0.4, -0.2) is 6.10 Å². The zero-order chi connectivity index (χ0) is 11.8. The van der Waals surface area contributed by atoms with Gasteiger partial charge in [0.1, 0.15) is 11.9 Å². The number of benzene rings is 1. The molecule has 16 heavy (non-hydrogen) atoms. The highest BCUT2D eigenvalue weighted by Gasteiger charge is 2.37. The molecule has 1 nitrogen and oxygen atoms in total. The molecule has 0 spiro atoms. The lowest BCUT2D eigenvalue weighted by Gasteiger charge is -2.40. The average Bonchev–Trinajstić information content (AvgIpc) is 2.28. The van der Waals surface area contributed by atoms with Crippen LogP contribution in [0.5, 0.6) is 5.75 Å². The van der Waals surface area contributed by atoms with E-state index in [1.807, 2.05) is 6.07 Å². The summed E-state index contributed by atoms with van der Waals surface area (Å²) >= 11 is 0. The first kappa shape index (κ1) is 11.3. The Kier molecular flexibility index (Phi) is 2.79. The molecule has 1 aromatic rings. The van der Waals surface area contributed by atoms with Crippen LogP contribution in [-0.2, 0) is 5.41 Å². The molecule has 1 heteroatoms. The van der Waals surface area contributed by atoms with Gasteiger partial charge in [-0.25, -0.2) is 0 Å². The molecule has 1 unspecified atom stereocenters. The van der Waals surface area contributed by atoms with E-state index in [-0.39, 0.29) is 11.5 Å². The van der Waals surface area contributed by atoms with Crippen molar-refractivity contribution in [3.8, 4) is 5.75 Å². The van der Waals surface area contributed by atoms with Crippen molar-refractivity contribution in [2.24, 2.45) is 0 Å². The molecule has 86 valence electrons. The van der Waals surface area contributed by atoms with E-state index in [1.54, 1.807) is 0 Å². The molecule has 0 aromatic heterocycles. The fourth-order valence-corrected chi connectivity index (χ4v) is 2.71. The van der Waals surface area contributed by atoms with Gasteiger partial charge in [-0.05, 0) is 25.0 Å². The standard InChI is InChI=1S/C15H20O/c1-5-11-13(6-2)16-14-10-8-7-9-12(14)15(11,3)4/h5,7-10,13H,6H2,1-4H3/b11-5+. The Bertz CT molecular complexity index is 415. The van der Waals surface area contributed by atoms with Gasteiger partial charge in [0.2, 0.25) is 0 Å². The first-order valence-electron chi connectivity index (χ1n) is 6.04. The summed E-state index contributed by atoms with van der Waals surface area (Å²) in [6.07, 6.45) is 3.47. The van der Waals surface area contributed by atoms with Gasteiger partial charge in [-0.3, -0.25) is 0 Å².